The van der Waals surface area contributed by atoms with Crippen LogP contribution in [0.25, 0.3) is 0 Å². The minimum atomic E-state index is -0.101. The van der Waals surface area contributed by atoms with Gasteiger partial charge < -0.3 is 10.4 Å². The molecule has 1 atom stereocenters. The fourth-order valence-electron chi connectivity index (χ4n) is 1.76. The summed E-state index contributed by atoms with van der Waals surface area (Å²) in [6.45, 7) is 0.215. The van der Waals surface area contributed by atoms with E-state index in [4.69, 9.17) is 0 Å². The molecule has 1 aliphatic carbocycles. The van der Waals surface area contributed by atoms with Crippen LogP contribution in [0, 0.1) is 5.92 Å². The monoisotopic (exact) mass is 244 g/mol. The van der Waals surface area contributed by atoms with Crippen LogP contribution in [0.2, 0.25) is 0 Å². The van der Waals surface area contributed by atoms with Gasteiger partial charge in [0, 0.05) is 17.3 Å². The lowest BCUT2D eigenvalue weighted by atomic mass is 9.97. The van der Waals surface area contributed by atoms with Gasteiger partial charge in [-0.3, -0.25) is 0 Å². The number of aromatic nitrogens is 1. The van der Waals surface area contributed by atoms with Gasteiger partial charge in [0.1, 0.15) is 4.34 Å². The summed E-state index contributed by atoms with van der Waals surface area (Å²) in [5.74, 6) is 1.54. The van der Waals surface area contributed by atoms with Crippen molar-refractivity contribution in [2.75, 3.05) is 19.4 Å². The average molecular weight is 244 g/mol. The Bertz CT molecular complexity index is 294. The van der Waals surface area contributed by atoms with Crippen molar-refractivity contribution in [1.29, 1.82) is 0 Å². The molecule has 1 unspecified atom stereocenters. The highest BCUT2D eigenvalue weighted by Gasteiger charge is 2.43. The van der Waals surface area contributed by atoms with Crippen molar-refractivity contribution >= 4 is 23.1 Å². The van der Waals surface area contributed by atoms with Crippen molar-refractivity contribution in [3.63, 3.8) is 0 Å². The average Bonchev–Trinajstić information content (AvgIpc) is 2.99. The number of likely N-dealkylation sites (N-methyl/N-ethyl adjacent to an activating group) is 1. The van der Waals surface area contributed by atoms with Gasteiger partial charge >= 0.3 is 0 Å². The van der Waals surface area contributed by atoms with Crippen LogP contribution in [-0.4, -0.2) is 35.0 Å². The smallest absolute Gasteiger partial charge is 0.149 e. The normalized spacial score (nSPS) is 20.1. The van der Waals surface area contributed by atoms with Gasteiger partial charge in [-0.2, -0.15) is 0 Å². The largest absolute Gasteiger partial charge is 0.394 e. The Morgan fingerprint density at radius 3 is 3.00 bits per heavy atom. The summed E-state index contributed by atoms with van der Waals surface area (Å²) in [6.07, 6.45) is 4.30. The topological polar surface area (TPSA) is 45.1 Å². The van der Waals surface area contributed by atoms with Crippen LogP contribution in [0.5, 0.6) is 0 Å². The maximum Gasteiger partial charge on any atom is 0.149 e. The van der Waals surface area contributed by atoms with Crippen LogP contribution in [0.4, 0.5) is 0 Å². The Labute approximate surface area is 98.3 Å². The van der Waals surface area contributed by atoms with Crippen molar-refractivity contribution in [2.24, 2.45) is 5.92 Å². The molecule has 3 nitrogen and oxygen atoms in total. The number of thioether (sulfide) groups is 1. The zero-order valence-electron chi connectivity index (χ0n) is 8.77. The second-order valence-electron chi connectivity index (χ2n) is 3.93. The Hall–Kier alpha value is -0.100. The number of hydrogen-bond donors (Lipinski definition) is 2. The summed E-state index contributed by atoms with van der Waals surface area (Å²) < 4.78 is 1.09. The summed E-state index contributed by atoms with van der Waals surface area (Å²) in [6, 6.07) is 0. The number of hydrogen-bond acceptors (Lipinski definition) is 5. The highest BCUT2D eigenvalue weighted by atomic mass is 32.2. The van der Waals surface area contributed by atoms with Gasteiger partial charge in [-0.1, -0.05) is 11.8 Å². The third kappa shape index (κ3) is 2.53. The molecule has 2 rings (SSSR count). The van der Waals surface area contributed by atoms with Crippen molar-refractivity contribution < 1.29 is 5.11 Å². The number of rotatable bonds is 6. The Balaban J connectivity index is 1.94. The highest BCUT2D eigenvalue weighted by molar-refractivity contribution is 8.01. The molecule has 0 aromatic carbocycles. The number of aliphatic hydroxyl groups excluding tert-OH is 1. The maximum atomic E-state index is 9.52. The van der Waals surface area contributed by atoms with E-state index in [2.05, 4.69) is 10.3 Å². The first-order valence-electron chi connectivity index (χ1n) is 5.13. The van der Waals surface area contributed by atoms with E-state index in [-0.39, 0.29) is 12.1 Å². The van der Waals surface area contributed by atoms with Gasteiger partial charge in [0.25, 0.3) is 0 Å². The fourth-order valence-corrected chi connectivity index (χ4v) is 3.72. The molecule has 0 aliphatic heterocycles. The predicted octanol–water partition coefficient (Wildman–Crippen LogP) is 1.60. The second kappa shape index (κ2) is 4.82. The van der Waals surface area contributed by atoms with E-state index in [1.54, 1.807) is 23.1 Å². The third-order valence-electron chi connectivity index (χ3n) is 3.00. The number of thiazole rings is 1. The van der Waals surface area contributed by atoms with Crippen LogP contribution >= 0.6 is 23.1 Å². The molecule has 0 spiro atoms. The van der Waals surface area contributed by atoms with Gasteiger partial charge in [-0.25, -0.2) is 4.98 Å². The van der Waals surface area contributed by atoms with E-state index in [1.165, 1.54) is 12.8 Å². The van der Waals surface area contributed by atoms with E-state index >= 15 is 0 Å². The van der Waals surface area contributed by atoms with Gasteiger partial charge in [0.2, 0.25) is 0 Å². The molecule has 1 heterocycles. The number of aliphatic hydroxyl groups is 1. The van der Waals surface area contributed by atoms with Crippen LogP contribution in [0.3, 0.4) is 0 Å². The zero-order valence-corrected chi connectivity index (χ0v) is 10.4. The van der Waals surface area contributed by atoms with Crippen molar-refractivity contribution in [2.45, 2.75) is 22.7 Å². The van der Waals surface area contributed by atoms with E-state index in [1.807, 2.05) is 18.6 Å². The molecule has 1 fully saturated rings. The lowest BCUT2D eigenvalue weighted by molar-refractivity contribution is 0.167. The van der Waals surface area contributed by atoms with E-state index in [0.717, 1.165) is 10.1 Å². The first-order chi connectivity index (χ1) is 7.30. The summed E-state index contributed by atoms with van der Waals surface area (Å²) >= 11 is 3.40. The molecule has 15 heavy (non-hydrogen) atoms. The van der Waals surface area contributed by atoms with Crippen LogP contribution in [-0.2, 0) is 0 Å². The molecule has 84 valence electrons. The quantitative estimate of drug-likeness (QED) is 0.746. The van der Waals surface area contributed by atoms with Gasteiger partial charge in [0.05, 0.1) is 12.1 Å². The van der Waals surface area contributed by atoms with Gasteiger partial charge in [-0.05, 0) is 25.8 Å². The number of nitrogens with one attached hydrogen (secondary N) is 1. The lowest BCUT2D eigenvalue weighted by Crippen LogP contribution is -2.51. The molecule has 5 heteroatoms. The molecule has 1 aromatic heterocycles. The summed E-state index contributed by atoms with van der Waals surface area (Å²) in [5.41, 5.74) is -0.101. The van der Waals surface area contributed by atoms with Crippen molar-refractivity contribution in [1.82, 2.24) is 10.3 Å². The molecular weight excluding hydrogens is 228 g/mol. The minimum absolute atomic E-state index is 0.101. The second-order valence-corrected chi connectivity index (χ2v) is 6.04. The summed E-state index contributed by atoms with van der Waals surface area (Å²) in [4.78, 5) is 4.24. The van der Waals surface area contributed by atoms with Crippen LogP contribution in [0.1, 0.15) is 12.8 Å². The lowest BCUT2D eigenvalue weighted by Gasteiger charge is -2.31. The molecule has 1 aromatic rings. The first kappa shape index (κ1) is 11.4. The summed E-state index contributed by atoms with van der Waals surface area (Å²) in [7, 11) is 1.94. The molecule has 0 saturated heterocycles. The van der Waals surface area contributed by atoms with E-state index in [9.17, 15) is 5.11 Å². The molecule has 1 aliphatic rings. The minimum Gasteiger partial charge on any atom is -0.394 e. The Morgan fingerprint density at radius 1 is 1.73 bits per heavy atom. The van der Waals surface area contributed by atoms with Gasteiger partial charge in [0.15, 0.2) is 0 Å². The van der Waals surface area contributed by atoms with E-state index in [0.29, 0.717) is 5.92 Å². The molecule has 0 amide bonds. The zero-order chi connectivity index (χ0) is 10.7. The third-order valence-corrected chi connectivity index (χ3v) is 5.22. The van der Waals surface area contributed by atoms with Crippen molar-refractivity contribution in [3.8, 4) is 0 Å². The van der Waals surface area contributed by atoms with E-state index < -0.39 is 0 Å². The SMILES string of the molecule is CNC(CO)(CSc1nccs1)C1CC1. The molecule has 1 saturated carbocycles. The Morgan fingerprint density at radius 2 is 2.53 bits per heavy atom. The van der Waals surface area contributed by atoms with Crippen LogP contribution in [0.15, 0.2) is 15.9 Å². The fraction of sp³-hybridized carbons (Fsp3) is 0.700. The highest BCUT2D eigenvalue weighted by Crippen LogP contribution is 2.42. The maximum absolute atomic E-state index is 9.52. The number of nitrogens with zero attached hydrogens (tertiary/aromatic N) is 1. The molecule has 2 N–H and O–H groups in total. The molecule has 0 bridgehead atoms. The molecular formula is C10H16N2OS2. The van der Waals surface area contributed by atoms with Gasteiger partial charge in [-0.15, -0.1) is 11.3 Å². The first-order valence-corrected chi connectivity index (χ1v) is 6.99. The standard InChI is InChI=1S/C10H16N2OS2/c1-11-10(6-13,8-2-3-8)7-15-9-12-4-5-14-9/h4-5,8,11,13H,2-3,6-7H2,1H3. The van der Waals surface area contributed by atoms with Crippen molar-refractivity contribution in [3.05, 3.63) is 11.6 Å². The Kier molecular flexibility index (Phi) is 3.66. The molecule has 0 radical (unpaired) electrons. The summed E-state index contributed by atoms with van der Waals surface area (Å²) in [5, 5.41) is 14.8. The van der Waals surface area contributed by atoms with Crippen LogP contribution < -0.4 is 5.32 Å². The predicted molar refractivity (Wildman–Crippen MR) is 64.4 cm³/mol.